The number of ether oxygens (including phenoxy) is 2. The number of carbonyl (C=O) groups excluding carboxylic acids is 4. The van der Waals surface area contributed by atoms with Crippen LogP contribution in [-0.4, -0.2) is 45.4 Å². The molecule has 0 unspecified atom stereocenters. The number of para-hydroxylation sites is 1. The number of nitrogens with one attached hydrogen (secondary N) is 3. The van der Waals surface area contributed by atoms with Crippen molar-refractivity contribution in [2.45, 2.75) is 18.7 Å². The number of thiophene rings is 2. The third-order valence-corrected chi connectivity index (χ3v) is 11.7. The smallest absolute Gasteiger partial charge is 0.341 e. The van der Waals surface area contributed by atoms with Crippen molar-refractivity contribution >= 4 is 83.7 Å². The fourth-order valence-corrected chi connectivity index (χ4v) is 9.05. The molecule has 2 amide bonds. The normalized spacial score (nSPS) is 11.0. The Morgan fingerprint density at radius 3 is 1.67 bits per heavy atom. The van der Waals surface area contributed by atoms with Gasteiger partial charge in [-0.05, 0) is 55.3 Å². The van der Waals surface area contributed by atoms with Crippen molar-refractivity contribution in [2.75, 3.05) is 28.6 Å². The number of amides is 2. The molecule has 55 heavy (non-hydrogen) atoms. The molecule has 280 valence electrons. The van der Waals surface area contributed by atoms with Gasteiger partial charge in [-0.2, -0.15) is 0 Å². The number of benzene rings is 4. The quantitative estimate of drug-likeness (QED) is 0.0974. The predicted octanol–water partition coefficient (Wildman–Crippen LogP) is 9.46. The lowest BCUT2D eigenvalue weighted by Gasteiger charge is -2.15. The Hall–Kier alpha value is -5.80. The average molecular weight is 814 g/mol. The van der Waals surface area contributed by atoms with E-state index in [0.29, 0.717) is 11.1 Å². The fraction of sp³-hybridized carbons (Fsp3) is 0.100. The Morgan fingerprint density at radius 2 is 1.15 bits per heavy atom. The lowest BCUT2D eigenvalue weighted by atomic mass is 10.0. The molecule has 2 heterocycles. The van der Waals surface area contributed by atoms with Gasteiger partial charge < -0.3 is 20.1 Å². The van der Waals surface area contributed by atoms with Crippen molar-refractivity contribution < 1.29 is 37.1 Å². The maximum Gasteiger partial charge on any atom is 0.341 e. The summed E-state index contributed by atoms with van der Waals surface area (Å²) in [5.41, 5.74) is 2.74. The molecule has 0 radical (unpaired) electrons. The van der Waals surface area contributed by atoms with Gasteiger partial charge in [-0.25, -0.2) is 18.0 Å². The van der Waals surface area contributed by atoms with Crippen molar-refractivity contribution in [1.82, 2.24) is 0 Å². The first-order valence-electron chi connectivity index (χ1n) is 16.7. The zero-order valence-electron chi connectivity index (χ0n) is 29.3. The van der Waals surface area contributed by atoms with E-state index in [2.05, 4.69) is 15.4 Å². The first kappa shape index (κ1) is 38.9. The molecule has 2 aromatic heterocycles. The van der Waals surface area contributed by atoms with Crippen LogP contribution in [0.15, 0.2) is 119 Å². The maximum absolute atomic E-state index is 13.9. The summed E-state index contributed by atoms with van der Waals surface area (Å²) in [4.78, 5) is 53.0. The van der Waals surface area contributed by atoms with E-state index in [0.717, 1.165) is 39.9 Å². The molecule has 6 aromatic rings. The molecule has 6 rings (SSSR count). The molecular formula is C40H32ClN3O8S3. The minimum Gasteiger partial charge on any atom is -0.462 e. The van der Waals surface area contributed by atoms with Crippen LogP contribution in [0.1, 0.15) is 55.3 Å². The predicted molar refractivity (Wildman–Crippen MR) is 216 cm³/mol. The van der Waals surface area contributed by atoms with Crippen LogP contribution in [-0.2, 0) is 19.5 Å². The second kappa shape index (κ2) is 17.1. The lowest BCUT2D eigenvalue weighted by Crippen LogP contribution is -2.20. The molecule has 3 N–H and O–H groups in total. The van der Waals surface area contributed by atoms with Gasteiger partial charge in [-0.15, -0.1) is 22.7 Å². The number of esters is 2. The van der Waals surface area contributed by atoms with E-state index in [1.54, 1.807) is 30.7 Å². The van der Waals surface area contributed by atoms with E-state index in [1.165, 1.54) is 30.3 Å². The monoisotopic (exact) mass is 813 g/mol. The molecule has 0 atom stereocenters. The summed E-state index contributed by atoms with van der Waals surface area (Å²) in [6, 6.07) is 27.9. The number of hydrogen-bond donors (Lipinski definition) is 3. The fourth-order valence-electron chi connectivity index (χ4n) is 5.54. The highest BCUT2D eigenvalue weighted by Gasteiger charge is 2.27. The van der Waals surface area contributed by atoms with Crippen LogP contribution < -0.4 is 15.4 Å². The van der Waals surface area contributed by atoms with Crippen molar-refractivity contribution in [1.29, 1.82) is 0 Å². The Kier molecular flexibility index (Phi) is 12.1. The molecule has 0 aliphatic carbocycles. The van der Waals surface area contributed by atoms with Crippen LogP contribution in [0.2, 0.25) is 5.02 Å². The van der Waals surface area contributed by atoms with Gasteiger partial charge in [0, 0.05) is 27.5 Å². The summed E-state index contributed by atoms with van der Waals surface area (Å²) in [5, 5.41) is 9.17. The maximum atomic E-state index is 13.9. The molecule has 11 nitrogen and oxygen atoms in total. The minimum absolute atomic E-state index is 0.0565. The van der Waals surface area contributed by atoms with E-state index in [1.807, 2.05) is 60.7 Å². The highest BCUT2D eigenvalue weighted by Crippen LogP contribution is 2.38. The van der Waals surface area contributed by atoms with E-state index in [4.69, 9.17) is 21.1 Å². The zero-order valence-corrected chi connectivity index (χ0v) is 32.5. The molecule has 0 spiro atoms. The molecule has 0 saturated heterocycles. The molecule has 0 fully saturated rings. The molecule has 0 aliphatic heterocycles. The van der Waals surface area contributed by atoms with Gasteiger partial charge in [0.15, 0.2) is 0 Å². The second-order valence-corrected chi connectivity index (χ2v) is 15.4. The van der Waals surface area contributed by atoms with Crippen molar-refractivity contribution in [3.8, 4) is 22.3 Å². The Labute approximate surface area is 330 Å². The van der Waals surface area contributed by atoms with Crippen LogP contribution in [0.25, 0.3) is 22.3 Å². The zero-order chi connectivity index (χ0) is 39.1. The number of halogens is 1. The molecule has 0 aliphatic rings. The van der Waals surface area contributed by atoms with Gasteiger partial charge in [0.25, 0.3) is 21.8 Å². The average Bonchev–Trinajstić information content (AvgIpc) is 3.80. The molecule has 15 heteroatoms. The van der Waals surface area contributed by atoms with Crippen LogP contribution >= 0.6 is 34.3 Å². The van der Waals surface area contributed by atoms with Crippen molar-refractivity contribution in [3.05, 3.63) is 141 Å². The van der Waals surface area contributed by atoms with E-state index >= 15 is 0 Å². The van der Waals surface area contributed by atoms with Crippen LogP contribution in [0.3, 0.4) is 0 Å². The molecular weight excluding hydrogens is 782 g/mol. The van der Waals surface area contributed by atoms with Crippen LogP contribution in [0.4, 0.5) is 15.7 Å². The summed E-state index contributed by atoms with van der Waals surface area (Å²) in [5.74, 6) is -2.66. The Morgan fingerprint density at radius 1 is 0.655 bits per heavy atom. The summed E-state index contributed by atoms with van der Waals surface area (Å²) < 4.78 is 40.7. The minimum atomic E-state index is -4.51. The number of anilines is 3. The summed E-state index contributed by atoms with van der Waals surface area (Å²) in [6.07, 6.45) is 0. The molecule has 0 bridgehead atoms. The lowest BCUT2D eigenvalue weighted by molar-refractivity contribution is 0.0519. The summed E-state index contributed by atoms with van der Waals surface area (Å²) >= 11 is 8.63. The standard InChI is InChI=1S/C40H32ClN3O8S3/c1-3-51-39(47)33-28(24-13-7-5-8-14-24)22-53-37(33)42-35(45)26-19-20-30(41)32(21-26)55(49,50)44-31-18-12-11-17-27(31)36(46)43-38-34(40(48)52-4-2)29(23-54-38)25-15-9-6-10-16-25/h5-23,44H,3-4H2,1-2H3,(H,42,45)(H,43,46). The largest absolute Gasteiger partial charge is 0.462 e. The Bertz CT molecular complexity index is 2500. The van der Waals surface area contributed by atoms with Crippen LogP contribution in [0, 0.1) is 0 Å². The first-order valence-corrected chi connectivity index (χ1v) is 20.4. The third kappa shape index (κ3) is 8.63. The van der Waals surface area contributed by atoms with E-state index < -0.39 is 38.7 Å². The van der Waals surface area contributed by atoms with E-state index in [9.17, 15) is 27.6 Å². The van der Waals surface area contributed by atoms with Gasteiger partial charge in [-0.1, -0.05) is 84.4 Å². The van der Waals surface area contributed by atoms with Crippen LogP contribution in [0.5, 0.6) is 0 Å². The van der Waals surface area contributed by atoms with Gasteiger partial charge in [0.1, 0.15) is 26.0 Å². The molecule has 0 saturated carbocycles. The van der Waals surface area contributed by atoms with Crippen molar-refractivity contribution in [2.24, 2.45) is 0 Å². The third-order valence-electron chi connectivity index (χ3n) is 8.06. The number of carbonyl (C=O) groups is 4. The number of rotatable bonds is 13. The number of sulfonamides is 1. The van der Waals surface area contributed by atoms with Crippen molar-refractivity contribution in [3.63, 3.8) is 0 Å². The summed E-state index contributed by atoms with van der Waals surface area (Å²) in [6.45, 7) is 3.58. The topological polar surface area (TPSA) is 157 Å². The molecule has 4 aromatic carbocycles. The van der Waals surface area contributed by atoms with Gasteiger partial charge in [0.05, 0.1) is 29.5 Å². The summed E-state index contributed by atoms with van der Waals surface area (Å²) in [7, 11) is -4.51. The van der Waals surface area contributed by atoms with Gasteiger partial charge >= 0.3 is 11.9 Å². The van der Waals surface area contributed by atoms with E-state index in [-0.39, 0.29) is 56.2 Å². The highest BCUT2D eigenvalue weighted by molar-refractivity contribution is 7.92. The first-order chi connectivity index (χ1) is 26.5. The number of hydrogen-bond acceptors (Lipinski definition) is 10. The highest BCUT2D eigenvalue weighted by atomic mass is 35.5. The van der Waals surface area contributed by atoms with Gasteiger partial charge in [0.2, 0.25) is 0 Å². The van der Waals surface area contributed by atoms with Gasteiger partial charge in [-0.3, -0.25) is 14.3 Å². The Balaban J connectivity index is 1.26. The second-order valence-electron chi connectivity index (χ2n) is 11.6. The SMILES string of the molecule is CCOC(=O)c1c(-c2ccccc2)csc1NC(=O)c1ccc(Cl)c(S(=O)(=O)Nc2ccccc2C(=O)Nc2scc(-c3ccccc3)c2C(=O)OCC)c1.